The Hall–Kier alpha value is -1.56. The van der Waals surface area contributed by atoms with E-state index in [-0.39, 0.29) is 18.8 Å². The molecule has 1 rings (SSSR count). The van der Waals surface area contributed by atoms with E-state index in [4.69, 9.17) is 10.2 Å². The number of aromatic nitrogens is 2. The van der Waals surface area contributed by atoms with Crippen LogP contribution in [0.5, 0.6) is 0 Å². The zero-order valence-electron chi connectivity index (χ0n) is 8.61. The Labute approximate surface area is 98.3 Å². The topological polar surface area (TPSA) is 92.4 Å². The first-order valence-electron chi connectivity index (χ1n) is 4.45. The summed E-state index contributed by atoms with van der Waals surface area (Å²) in [6.45, 7) is 1.48. The highest BCUT2D eigenvalue weighted by Gasteiger charge is 2.24. The first-order chi connectivity index (χ1) is 7.02. The van der Waals surface area contributed by atoms with Crippen LogP contribution in [0.15, 0.2) is 18.7 Å². The smallest absolute Gasteiger partial charge is 0.326 e. The summed E-state index contributed by atoms with van der Waals surface area (Å²) in [5.74, 6) is -2.75. The van der Waals surface area contributed by atoms with Gasteiger partial charge in [0.05, 0.1) is 12.2 Å². The molecule has 0 aliphatic rings. The third-order valence-corrected chi connectivity index (χ3v) is 2.17. The van der Waals surface area contributed by atoms with Crippen LogP contribution in [0.1, 0.15) is 19.4 Å². The van der Waals surface area contributed by atoms with Gasteiger partial charge in [-0.3, -0.25) is 4.79 Å². The highest BCUT2D eigenvalue weighted by Crippen LogP contribution is 2.17. The molecular weight excluding hydrogens is 236 g/mol. The lowest BCUT2D eigenvalue weighted by atomic mass is 10.0. The Morgan fingerprint density at radius 3 is 2.38 bits per heavy atom. The minimum atomic E-state index is -1.05. The predicted octanol–water partition coefficient (Wildman–Crippen LogP) is 1.04. The van der Waals surface area contributed by atoms with E-state index in [0.717, 1.165) is 0 Å². The number of hydrogen-bond acceptors (Lipinski definition) is 3. The quantitative estimate of drug-likeness (QED) is 0.812. The van der Waals surface area contributed by atoms with E-state index in [9.17, 15) is 9.59 Å². The molecule has 16 heavy (non-hydrogen) atoms. The van der Waals surface area contributed by atoms with Crippen LogP contribution in [0, 0.1) is 5.92 Å². The molecule has 0 aromatic carbocycles. The lowest BCUT2D eigenvalue weighted by Crippen LogP contribution is -2.23. The van der Waals surface area contributed by atoms with Gasteiger partial charge in [0.25, 0.3) is 0 Å². The zero-order valence-corrected chi connectivity index (χ0v) is 9.42. The number of halogens is 1. The van der Waals surface area contributed by atoms with Crippen molar-refractivity contribution in [2.45, 2.75) is 19.4 Å². The Balaban J connectivity index is 0.00000225. The molecule has 1 aromatic heterocycles. The van der Waals surface area contributed by atoms with Gasteiger partial charge in [0.1, 0.15) is 6.04 Å². The number of hydrogen-bond donors (Lipinski definition) is 2. The van der Waals surface area contributed by atoms with Crippen LogP contribution in [0.2, 0.25) is 0 Å². The van der Waals surface area contributed by atoms with Crippen molar-refractivity contribution in [2.75, 3.05) is 0 Å². The van der Waals surface area contributed by atoms with Gasteiger partial charge in [-0.05, 0) is 6.42 Å². The monoisotopic (exact) mass is 248 g/mol. The Morgan fingerprint density at radius 1 is 1.38 bits per heavy atom. The number of aliphatic carboxylic acids is 2. The van der Waals surface area contributed by atoms with Crippen LogP contribution in [0.3, 0.4) is 0 Å². The van der Waals surface area contributed by atoms with E-state index in [0.29, 0.717) is 0 Å². The molecule has 0 saturated heterocycles. The van der Waals surface area contributed by atoms with E-state index in [1.807, 2.05) is 0 Å². The third kappa shape index (κ3) is 3.54. The lowest BCUT2D eigenvalue weighted by Gasteiger charge is -2.15. The van der Waals surface area contributed by atoms with E-state index in [2.05, 4.69) is 4.98 Å². The molecular formula is C9H13ClN2O4. The van der Waals surface area contributed by atoms with E-state index in [1.165, 1.54) is 30.2 Å². The first kappa shape index (κ1) is 14.4. The van der Waals surface area contributed by atoms with Crippen molar-refractivity contribution in [2.24, 2.45) is 5.92 Å². The van der Waals surface area contributed by atoms with Crippen molar-refractivity contribution in [1.29, 1.82) is 0 Å². The molecule has 0 bridgehead atoms. The molecule has 0 aliphatic carbocycles. The fourth-order valence-corrected chi connectivity index (χ4v) is 1.24. The molecule has 0 aliphatic heterocycles. The molecule has 6 nitrogen and oxygen atoms in total. The zero-order chi connectivity index (χ0) is 11.4. The second kappa shape index (κ2) is 6.12. The first-order valence-corrected chi connectivity index (χ1v) is 4.45. The molecule has 0 fully saturated rings. The standard InChI is InChI=1S/C9H12N2O4.ClH/c1-6(8(12)13)4-7(9(14)15)11-3-2-10-5-11;/h2-3,5-7H,4H2,1H3,(H,12,13)(H,14,15);1H. The van der Waals surface area contributed by atoms with E-state index < -0.39 is 23.9 Å². The molecule has 2 unspecified atom stereocenters. The third-order valence-electron chi connectivity index (χ3n) is 2.17. The summed E-state index contributed by atoms with van der Waals surface area (Å²) in [6.07, 6.45) is 4.38. The molecule has 1 heterocycles. The largest absolute Gasteiger partial charge is 0.481 e. The second-order valence-corrected chi connectivity index (χ2v) is 3.34. The van der Waals surface area contributed by atoms with Gasteiger partial charge in [-0.1, -0.05) is 6.92 Å². The molecule has 90 valence electrons. The Morgan fingerprint density at radius 2 is 2.00 bits per heavy atom. The fourth-order valence-electron chi connectivity index (χ4n) is 1.24. The normalized spacial score (nSPS) is 13.6. The van der Waals surface area contributed by atoms with Crippen LogP contribution >= 0.6 is 12.4 Å². The average Bonchev–Trinajstić information content (AvgIpc) is 2.65. The highest BCUT2D eigenvalue weighted by molar-refractivity contribution is 5.85. The molecule has 0 spiro atoms. The summed E-state index contributed by atoms with van der Waals surface area (Å²) < 4.78 is 1.39. The summed E-state index contributed by atoms with van der Waals surface area (Å²) in [4.78, 5) is 25.3. The number of rotatable bonds is 5. The predicted molar refractivity (Wildman–Crippen MR) is 57.6 cm³/mol. The van der Waals surface area contributed by atoms with Crippen molar-refractivity contribution in [3.8, 4) is 0 Å². The van der Waals surface area contributed by atoms with Crippen LogP contribution in [-0.4, -0.2) is 31.7 Å². The maximum Gasteiger partial charge on any atom is 0.326 e. The number of carbonyl (C=O) groups is 2. The number of carboxylic acids is 2. The van der Waals surface area contributed by atoms with Gasteiger partial charge in [-0.2, -0.15) is 0 Å². The maximum absolute atomic E-state index is 10.9. The summed E-state index contributed by atoms with van der Waals surface area (Å²) in [6, 6.07) is -0.876. The lowest BCUT2D eigenvalue weighted by molar-refractivity contribution is -0.144. The summed E-state index contributed by atoms with van der Waals surface area (Å²) in [5.41, 5.74) is 0. The van der Waals surface area contributed by atoms with Gasteiger partial charge in [-0.15, -0.1) is 12.4 Å². The Kier molecular flexibility index (Phi) is 5.52. The summed E-state index contributed by atoms with van der Waals surface area (Å²) in [7, 11) is 0. The maximum atomic E-state index is 10.9. The van der Waals surface area contributed by atoms with Crippen molar-refractivity contribution in [3.63, 3.8) is 0 Å². The number of imidazole rings is 1. The van der Waals surface area contributed by atoms with Crippen LogP contribution in [0.25, 0.3) is 0 Å². The van der Waals surface area contributed by atoms with Crippen molar-refractivity contribution >= 4 is 24.3 Å². The Bertz CT molecular complexity index is 352. The van der Waals surface area contributed by atoms with Gasteiger partial charge in [0, 0.05) is 12.4 Å². The average molecular weight is 249 g/mol. The van der Waals surface area contributed by atoms with Gasteiger partial charge in [0.15, 0.2) is 0 Å². The van der Waals surface area contributed by atoms with Crippen molar-refractivity contribution in [1.82, 2.24) is 9.55 Å². The van der Waals surface area contributed by atoms with Gasteiger partial charge >= 0.3 is 11.9 Å². The van der Waals surface area contributed by atoms with E-state index >= 15 is 0 Å². The second-order valence-electron chi connectivity index (χ2n) is 3.34. The van der Waals surface area contributed by atoms with E-state index in [1.54, 1.807) is 0 Å². The molecule has 2 N–H and O–H groups in total. The summed E-state index contributed by atoms with van der Waals surface area (Å²) >= 11 is 0. The van der Waals surface area contributed by atoms with Crippen LogP contribution in [0.4, 0.5) is 0 Å². The summed E-state index contributed by atoms with van der Waals surface area (Å²) in [5, 5.41) is 17.6. The molecule has 1 aromatic rings. The minimum Gasteiger partial charge on any atom is -0.481 e. The minimum absolute atomic E-state index is 0. The molecule has 2 atom stereocenters. The fraction of sp³-hybridized carbons (Fsp3) is 0.444. The molecule has 0 radical (unpaired) electrons. The molecule has 7 heteroatoms. The van der Waals surface area contributed by atoms with Gasteiger partial charge < -0.3 is 14.8 Å². The van der Waals surface area contributed by atoms with Crippen LogP contribution < -0.4 is 0 Å². The van der Waals surface area contributed by atoms with Gasteiger partial charge in [0.2, 0.25) is 0 Å². The number of carboxylic acid groups (broad SMARTS) is 2. The number of nitrogens with zero attached hydrogens (tertiary/aromatic N) is 2. The highest BCUT2D eigenvalue weighted by atomic mass is 35.5. The van der Waals surface area contributed by atoms with Gasteiger partial charge in [-0.25, -0.2) is 9.78 Å². The van der Waals surface area contributed by atoms with Crippen LogP contribution in [-0.2, 0) is 9.59 Å². The molecule has 0 amide bonds. The molecule has 0 saturated carbocycles. The van der Waals surface area contributed by atoms with Crippen molar-refractivity contribution < 1.29 is 19.8 Å². The van der Waals surface area contributed by atoms with Crippen molar-refractivity contribution in [3.05, 3.63) is 18.7 Å². The SMILES string of the molecule is CC(CC(C(=O)O)n1ccnc1)C(=O)O.Cl.